The van der Waals surface area contributed by atoms with Crippen molar-refractivity contribution >= 4 is 41.2 Å². The van der Waals surface area contributed by atoms with E-state index in [0.717, 1.165) is 29.8 Å². The molecule has 19 heteroatoms. The highest BCUT2D eigenvalue weighted by Gasteiger charge is 2.17. The summed E-state index contributed by atoms with van der Waals surface area (Å²) in [6.45, 7) is 5.22. The highest BCUT2D eigenvalue weighted by molar-refractivity contribution is 7.07. The molecule has 2 aromatic heterocycles. The fraction of sp³-hybridized carbons (Fsp3) is 0.513. The summed E-state index contributed by atoms with van der Waals surface area (Å²) in [6, 6.07) is 8.84. The van der Waals surface area contributed by atoms with Crippen LogP contribution in [0.1, 0.15) is 105 Å². The number of nitrogens with zero attached hydrogens (tertiary/aromatic N) is 4. The Kier molecular flexibility index (Phi) is 20.4. The average molecular weight is 829 g/mol. The predicted molar refractivity (Wildman–Crippen MR) is 212 cm³/mol. The number of carbonyl (C=O) groups is 4. The van der Waals surface area contributed by atoms with Crippen molar-refractivity contribution in [2.45, 2.75) is 104 Å². The SMILES string of the molecule is CCCCc1ncc(/C=C(\Cc2ccsc2)C(=O)NCC(=O)OCCCCC(C)O[N+](=O)[O-])n1Cc1ccc(C(=O)NCC(=O)OCCCCC(C)O[N+](=O)[O-])cc1. The molecule has 2 heterocycles. The third kappa shape index (κ3) is 18.0. The lowest BCUT2D eigenvalue weighted by atomic mass is 10.1. The fourth-order valence-corrected chi connectivity index (χ4v) is 6.32. The van der Waals surface area contributed by atoms with Crippen LogP contribution >= 0.6 is 11.3 Å². The van der Waals surface area contributed by atoms with Crippen LogP contribution in [0.3, 0.4) is 0 Å². The molecule has 0 aliphatic rings. The van der Waals surface area contributed by atoms with E-state index < -0.39 is 46.1 Å². The second kappa shape index (κ2) is 25.4. The molecule has 2 unspecified atom stereocenters. The third-order valence-corrected chi connectivity index (χ3v) is 9.45. The van der Waals surface area contributed by atoms with Gasteiger partial charge in [0.25, 0.3) is 16.1 Å². The van der Waals surface area contributed by atoms with Gasteiger partial charge in [-0.1, -0.05) is 25.5 Å². The van der Waals surface area contributed by atoms with Crippen molar-refractivity contribution < 1.29 is 48.5 Å². The largest absolute Gasteiger partial charge is 0.464 e. The molecule has 0 radical (unpaired) electrons. The smallest absolute Gasteiger partial charge is 0.325 e. The second-order valence-corrected chi connectivity index (χ2v) is 14.3. The van der Waals surface area contributed by atoms with Crippen LogP contribution in [0.15, 0.2) is 52.9 Å². The Morgan fingerprint density at radius 1 is 0.845 bits per heavy atom. The van der Waals surface area contributed by atoms with Gasteiger partial charge in [-0.25, -0.2) is 4.98 Å². The summed E-state index contributed by atoms with van der Waals surface area (Å²) in [5.74, 6) is -1.28. The Morgan fingerprint density at radius 3 is 2.00 bits per heavy atom. The molecule has 0 aliphatic heterocycles. The number of benzene rings is 1. The van der Waals surface area contributed by atoms with E-state index in [-0.39, 0.29) is 26.3 Å². The lowest BCUT2D eigenvalue weighted by Gasteiger charge is -2.13. The summed E-state index contributed by atoms with van der Waals surface area (Å²) < 4.78 is 12.4. The van der Waals surface area contributed by atoms with E-state index in [2.05, 4.69) is 32.2 Å². The number of esters is 2. The van der Waals surface area contributed by atoms with Gasteiger partial charge in [0, 0.05) is 30.5 Å². The van der Waals surface area contributed by atoms with Crippen molar-refractivity contribution in [3.05, 3.63) is 101 Å². The van der Waals surface area contributed by atoms with E-state index >= 15 is 0 Å². The Labute approximate surface area is 340 Å². The molecule has 18 nitrogen and oxygen atoms in total. The quantitative estimate of drug-likeness (QED) is 0.0306. The molecule has 0 fully saturated rings. The Morgan fingerprint density at radius 2 is 1.45 bits per heavy atom. The summed E-state index contributed by atoms with van der Waals surface area (Å²) in [5.41, 5.74) is 3.24. The summed E-state index contributed by atoms with van der Waals surface area (Å²) >= 11 is 1.50. The number of carbonyl (C=O) groups excluding carboxylic acids is 4. The molecule has 0 aliphatic carbocycles. The van der Waals surface area contributed by atoms with Crippen molar-refractivity contribution in [3.8, 4) is 0 Å². The normalized spacial score (nSPS) is 12.2. The van der Waals surface area contributed by atoms with E-state index in [1.54, 1.807) is 50.4 Å². The van der Waals surface area contributed by atoms with Gasteiger partial charge in [-0.2, -0.15) is 11.3 Å². The zero-order valence-corrected chi connectivity index (χ0v) is 33.9. The van der Waals surface area contributed by atoms with Crippen LogP contribution in [0, 0.1) is 20.2 Å². The van der Waals surface area contributed by atoms with Gasteiger partial charge in [-0.05, 0) is 105 Å². The number of rotatable bonds is 28. The fourth-order valence-electron chi connectivity index (χ4n) is 5.66. The summed E-state index contributed by atoms with van der Waals surface area (Å²) in [4.78, 5) is 85.3. The highest BCUT2D eigenvalue weighted by Crippen LogP contribution is 2.20. The maximum atomic E-state index is 13.5. The lowest BCUT2D eigenvalue weighted by Crippen LogP contribution is -2.32. The number of unbranched alkanes of at least 4 members (excludes halogenated alkanes) is 3. The molecule has 0 bridgehead atoms. The molecule has 3 rings (SSSR count). The molecule has 3 aromatic rings. The van der Waals surface area contributed by atoms with E-state index in [1.807, 2.05) is 21.4 Å². The van der Waals surface area contributed by atoms with Gasteiger partial charge in [0.15, 0.2) is 0 Å². The maximum Gasteiger partial charge on any atom is 0.325 e. The van der Waals surface area contributed by atoms with Crippen molar-refractivity contribution in [1.82, 2.24) is 20.2 Å². The minimum atomic E-state index is -0.836. The molecular weight excluding hydrogens is 777 g/mol. The van der Waals surface area contributed by atoms with E-state index in [9.17, 15) is 39.4 Å². The number of imidazole rings is 1. The predicted octanol–water partition coefficient (Wildman–Crippen LogP) is 5.43. The van der Waals surface area contributed by atoms with Gasteiger partial charge in [0.1, 0.15) is 31.1 Å². The molecule has 2 atom stereocenters. The maximum absolute atomic E-state index is 13.5. The van der Waals surface area contributed by atoms with Crippen LogP contribution in [0.5, 0.6) is 0 Å². The molecule has 0 saturated carbocycles. The first-order chi connectivity index (χ1) is 27.8. The number of ether oxygens (including phenoxy) is 2. The second-order valence-electron chi connectivity index (χ2n) is 13.5. The Balaban J connectivity index is 1.61. The van der Waals surface area contributed by atoms with Crippen LogP contribution < -0.4 is 10.6 Å². The molecule has 1 aromatic carbocycles. The molecule has 2 amide bonds. The first kappa shape index (κ1) is 46.5. The van der Waals surface area contributed by atoms with Crippen LogP contribution in [-0.4, -0.2) is 82.0 Å². The molecule has 2 N–H and O–H groups in total. The van der Waals surface area contributed by atoms with Gasteiger partial charge in [-0.3, -0.25) is 19.2 Å². The van der Waals surface area contributed by atoms with Crippen molar-refractivity contribution in [3.63, 3.8) is 0 Å². The summed E-state index contributed by atoms with van der Waals surface area (Å²) in [6.07, 6.45) is 8.22. The molecular formula is C39H52N6O12S. The molecule has 316 valence electrons. The van der Waals surface area contributed by atoms with E-state index in [1.165, 1.54) is 11.3 Å². The first-order valence-corrected chi connectivity index (χ1v) is 20.1. The van der Waals surface area contributed by atoms with E-state index in [0.29, 0.717) is 74.7 Å². The first-order valence-electron chi connectivity index (χ1n) is 19.2. The van der Waals surface area contributed by atoms with Crippen LogP contribution in [-0.2, 0) is 52.9 Å². The zero-order valence-electron chi connectivity index (χ0n) is 33.1. The zero-order chi connectivity index (χ0) is 42.3. The van der Waals surface area contributed by atoms with Gasteiger partial charge < -0.3 is 34.3 Å². The monoisotopic (exact) mass is 828 g/mol. The molecule has 0 spiro atoms. The van der Waals surface area contributed by atoms with Gasteiger partial charge >= 0.3 is 11.9 Å². The topological polar surface area (TPSA) is 233 Å². The van der Waals surface area contributed by atoms with Gasteiger partial charge in [-0.15, -0.1) is 20.2 Å². The number of thiophene rings is 1. The molecule has 0 saturated heterocycles. The standard InChI is InChI=1S/C39H52N6O12S/c1-4-5-12-35-40-23-34(22-33(21-31-17-20-58-27-31)39(49)42-25-37(47)55-19-9-7-11-29(3)57-45(52)53)43(35)26-30-13-15-32(16-14-30)38(48)41-24-36(46)54-18-8-6-10-28(2)56-44(50)51/h13-17,20,22-23,27-29H,4-12,18-19,21,24-26H2,1-3H3,(H,41,48)(H,42,49)/b33-22+. The summed E-state index contributed by atoms with van der Waals surface area (Å²) in [7, 11) is 0. The number of amides is 2. The number of aryl methyl sites for hydroxylation is 1. The van der Waals surface area contributed by atoms with Gasteiger partial charge in [0.2, 0.25) is 5.91 Å². The van der Waals surface area contributed by atoms with Crippen molar-refractivity contribution in [2.24, 2.45) is 0 Å². The van der Waals surface area contributed by atoms with Crippen molar-refractivity contribution in [1.29, 1.82) is 0 Å². The van der Waals surface area contributed by atoms with E-state index in [4.69, 9.17) is 9.47 Å². The summed E-state index contributed by atoms with van der Waals surface area (Å²) in [5, 5.41) is 28.2. The van der Waals surface area contributed by atoms with Crippen LogP contribution in [0.2, 0.25) is 0 Å². The highest BCUT2D eigenvalue weighted by atomic mass is 32.1. The van der Waals surface area contributed by atoms with Gasteiger partial charge in [0.05, 0.1) is 25.1 Å². The van der Waals surface area contributed by atoms with Crippen molar-refractivity contribution in [2.75, 3.05) is 26.3 Å². The van der Waals surface area contributed by atoms with Crippen LogP contribution in [0.25, 0.3) is 6.08 Å². The third-order valence-electron chi connectivity index (χ3n) is 8.72. The number of hydrogen-bond donors (Lipinski definition) is 2. The van der Waals surface area contributed by atoms with Crippen LogP contribution in [0.4, 0.5) is 0 Å². The minimum absolute atomic E-state index is 0.104. The number of aromatic nitrogens is 2. The minimum Gasteiger partial charge on any atom is -0.464 e. The lowest BCUT2D eigenvalue weighted by molar-refractivity contribution is -0.767. The average Bonchev–Trinajstić information content (AvgIpc) is 3.84. The Hall–Kier alpha value is -5.85. The molecule has 58 heavy (non-hydrogen) atoms. The Bertz CT molecular complexity index is 1810. The number of nitrogens with one attached hydrogen (secondary N) is 2. The number of hydrogen-bond acceptors (Lipinski definition) is 14.